The Hall–Kier alpha value is -1.55. The van der Waals surface area contributed by atoms with Gasteiger partial charge >= 0.3 is 0 Å². The molecule has 0 bridgehead atoms. The molecule has 1 aromatic rings. The van der Waals surface area contributed by atoms with Gasteiger partial charge in [-0.3, -0.25) is 4.79 Å². The van der Waals surface area contributed by atoms with Gasteiger partial charge < -0.3 is 14.8 Å². The van der Waals surface area contributed by atoms with Crippen LogP contribution in [0.4, 0.5) is 0 Å². The number of Topliss-reactive ketones (excluding diaryl/α,β-unsaturated/α-hetero) is 1. The highest BCUT2D eigenvalue weighted by Gasteiger charge is 2.18. The van der Waals surface area contributed by atoms with Crippen LogP contribution in [0.25, 0.3) is 0 Å². The zero-order valence-corrected chi connectivity index (χ0v) is 11.6. The van der Waals surface area contributed by atoms with Crippen LogP contribution in [-0.4, -0.2) is 32.6 Å². The highest BCUT2D eigenvalue weighted by atomic mass is 16.5. The second-order valence-corrected chi connectivity index (χ2v) is 4.84. The Balaban J connectivity index is 2.05. The third-order valence-electron chi connectivity index (χ3n) is 3.55. The first-order valence-electron chi connectivity index (χ1n) is 6.73. The lowest BCUT2D eigenvalue weighted by atomic mass is 9.97. The molecule has 0 radical (unpaired) electrons. The van der Waals surface area contributed by atoms with Crippen LogP contribution in [0, 0.1) is 0 Å². The molecule has 104 valence electrons. The Morgan fingerprint density at radius 1 is 1.26 bits per heavy atom. The van der Waals surface area contributed by atoms with Crippen LogP contribution < -0.4 is 14.8 Å². The Kier molecular flexibility index (Phi) is 4.80. The lowest BCUT2D eigenvalue weighted by Crippen LogP contribution is -2.35. The van der Waals surface area contributed by atoms with Gasteiger partial charge in [0.2, 0.25) is 0 Å². The van der Waals surface area contributed by atoms with E-state index in [1.807, 2.05) is 0 Å². The van der Waals surface area contributed by atoms with Crippen molar-refractivity contribution in [1.29, 1.82) is 0 Å². The number of nitrogens with one attached hydrogen (secondary N) is 1. The third-order valence-corrected chi connectivity index (χ3v) is 3.55. The SMILES string of the molecule is COc1ccc(C(=O)CC2CCCCN2)cc1OC. The molecule has 1 fully saturated rings. The monoisotopic (exact) mass is 263 g/mol. The summed E-state index contributed by atoms with van der Waals surface area (Å²) >= 11 is 0. The van der Waals surface area contributed by atoms with Crippen LogP contribution in [0.5, 0.6) is 11.5 Å². The van der Waals surface area contributed by atoms with Gasteiger partial charge in [-0.05, 0) is 37.6 Å². The average Bonchev–Trinajstić information content (AvgIpc) is 2.47. The number of rotatable bonds is 5. The molecule has 4 heteroatoms. The Labute approximate surface area is 114 Å². The smallest absolute Gasteiger partial charge is 0.164 e. The quantitative estimate of drug-likeness (QED) is 0.829. The molecule has 1 heterocycles. The second-order valence-electron chi connectivity index (χ2n) is 4.84. The molecular weight excluding hydrogens is 242 g/mol. The van der Waals surface area contributed by atoms with E-state index in [1.165, 1.54) is 12.8 Å². The van der Waals surface area contributed by atoms with Gasteiger partial charge in [0, 0.05) is 18.0 Å². The molecule has 1 aliphatic heterocycles. The minimum absolute atomic E-state index is 0.153. The normalized spacial score (nSPS) is 18.9. The van der Waals surface area contributed by atoms with Crippen LogP contribution in [0.1, 0.15) is 36.0 Å². The molecule has 0 amide bonds. The molecule has 1 atom stereocenters. The van der Waals surface area contributed by atoms with E-state index in [0.717, 1.165) is 13.0 Å². The maximum Gasteiger partial charge on any atom is 0.164 e. The van der Waals surface area contributed by atoms with Crippen LogP contribution >= 0.6 is 0 Å². The van der Waals surface area contributed by atoms with E-state index in [2.05, 4.69) is 5.32 Å². The largest absolute Gasteiger partial charge is 0.493 e. The molecule has 0 aromatic heterocycles. The molecule has 2 rings (SSSR count). The number of carbonyl (C=O) groups is 1. The van der Waals surface area contributed by atoms with E-state index in [0.29, 0.717) is 29.5 Å². The van der Waals surface area contributed by atoms with Gasteiger partial charge in [-0.1, -0.05) is 6.42 Å². The van der Waals surface area contributed by atoms with Crippen molar-refractivity contribution in [3.8, 4) is 11.5 Å². The summed E-state index contributed by atoms with van der Waals surface area (Å²) in [5.41, 5.74) is 0.685. The number of piperidine rings is 1. The number of hydrogen-bond acceptors (Lipinski definition) is 4. The summed E-state index contributed by atoms with van der Waals surface area (Å²) in [4.78, 5) is 12.2. The molecule has 1 unspecified atom stereocenters. The van der Waals surface area contributed by atoms with Crippen molar-refractivity contribution in [2.75, 3.05) is 20.8 Å². The number of ether oxygens (including phenoxy) is 2. The summed E-state index contributed by atoms with van der Waals surface area (Å²) in [6.45, 7) is 1.02. The summed E-state index contributed by atoms with van der Waals surface area (Å²) in [7, 11) is 3.17. The number of methoxy groups -OCH3 is 2. The van der Waals surface area contributed by atoms with Crippen molar-refractivity contribution >= 4 is 5.78 Å². The first kappa shape index (κ1) is 13.9. The summed E-state index contributed by atoms with van der Waals surface area (Å²) in [5.74, 6) is 1.40. The van der Waals surface area contributed by atoms with Gasteiger partial charge in [-0.2, -0.15) is 0 Å². The van der Waals surface area contributed by atoms with Crippen molar-refractivity contribution < 1.29 is 14.3 Å². The summed E-state index contributed by atoms with van der Waals surface area (Å²) < 4.78 is 10.4. The van der Waals surface area contributed by atoms with Gasteiger partial charge in [-0.25, -0.2) is 0 Å². The van der Waals surface area contributed by atoms with Crippen molar-refractivity contribution in [2.45, 2.75) is 31.7 Å². The van der Waals surface area contributed by atoms with Crippen molar-refractivity contribution in [2.24, 2.45) is 0 Å². The molecular formula is C15H21NO3. The number of ketones is 1. The molecule has 1 aromatic carbocycles. The summed E-state index contributed by atoms with van der Waals surface area (Å²) in [6, 6.07) is 5.64. The van der Waals surface area contributed by atoms with Crippen molar-refractivity contribution in [3.63, 3.8) is 0 Å². The van der Waals surface area contributed by atoms with Crippen molar-refractivity contribution in [1.82, 2.24) is 5.32 Å². The predicted octanol–water partition coefficient (Wildman–Crippen LogP) is 2.42. The van der Waals surface area contributed by atoms with E-state index in [4.69, 9.17) is 9.47 Å². The van der Waals surface area contributed by atoms with Crippen LogP contribution in [0.15, 0.2) is 18.2 Å². The number of carbonyl (C=O) groups excluding carboxylic acids is 1. The molecule has 0 spiro atoms. The van der Waals surface area contributed by atoms with E-state index in [1.54, 1.807) is 32.4 Å². The lowest BCUT2D eigenvalue weighted by molar-refractivity contribution is 0.0963. The summed E-state index contributed by atoms with van der Waals surface area (Å²) in [5, 5.41) is 3.39. The standard InChI is InChI=1S/C15H21NO3/c1-18-14-7-6-11(9-15(14)19-2)13(17)10-12-5-3-4-8-16-12/h6-7,9,12,16H,3-5,8,10H2,1-2H3. The highest BCUT2D eigenvalue weighted by Crippen LogP contribution is 2.28. The molecule has 1 N–H and O–H groups in total. The molecule has 0 saturated carbocycles. The predicted molar refractivity (Wildman–Crippen MR) is 74.1 cm³/mol. The van der Waals surface area contributed by atoms with Gasteiger partial charge in [0.25, 0.3) is 0 Å². The highest BCUT2D eigenvalue weighted by molar-refractivity contribution is 5.97. The topological polar surface area (TPSA) is 47.6 Å². The van der Waals surface area contributed by atoms with E-state index in [9.17, 15) is 4.79 Å². The first-order valence-corrected chi connectivity index (χ1v) is 6.73. The van der Waals surface area contributed by atoms with Gasteiger partial charge in [0.1, 0.15) is 0 Å². The maximum atomic E-state index is 12.2. The minimum Gasteiger partial charge on any atom is -0.493 e. The average molecular weight is 263 g/mol. The number of hydrogen-bond donors (Lipinski definition) is 1. The Morgan fingerprint density at radius 2 is 2.05 bits per heavy atom. The molecule has 1 aliphatic rings. The second kappa shape index (κ2) is 6.57. The molecule has 1 saturated heterocycles. The fourth-order valence-electron chi connectivity index (χ4n) is 2.45. The van der Waals surface area contributed by atoms with Crippen LogP contribution in [0.3, 0.4) is 0 Å². The first-order chi connectivity index (χ1) is 9.24. The Morgan fingerprint density at radius 3 is 2.68 bits per heavy atom. The van der Waals surface area contributed by atoms with Crippen molar-refractivity contribution in [3.05, 3.63) is 23.8 Å². The lowest BCUT2D eigenvalue weighted by Gasteiger charge is -2.22. The summed E-state index contributed by atoms with van der Waals surface area (Å²) in [6.07, 6.45) is 4.05. The molecule has 0 aliphatic carbocycles. The fraction of sp³-hybridized carbons (Fsp3) is 0.533. The van der Waals surface area contributed by atoms with E-state index < -0.39 is 0 Å². The van der Waals surface area contributed by atoms with Gasteiger partial charge in [0.15, 0.2) is 17.3 Å². The minimum atomic E-state index is 0.153. The molecule has 19 heavy (non-hydrogen) atoms. The fourth-order valence-corrected chi connectivity index (χ4v) is 2.45. The zero-order valence-electron chi connectivity index (χ0n) is 11.6. The number of benzene rings is 1. The van der Waals surface area contributed by atoms with E-state index in [-0.39, 0.29) is 5.78 Å². The zero-order chi connectivity index (χ0) is 13.7. The van der Waals surface area contributed by atoms with Gasteiger partial charge in [0.05, 0.1) is 14.2 Å². The van der Waals surface area contributed by atoms with Crippen LogP contribution in [-0.2, 0) is 0 Å². The molecule has 4 nitrogen and oxygen atoms in total. The maximum absolute atomic E-state index is 12.2. The van der Waals surface area contributed by atoms with Gasteiger partial charge in [-0.15, -0.1) is 0 Å². The van der Waals surface area contributed by atoms with Crippen LogP contribution in [0.2, 0.25) is 0 Å². The Bertz CT molecular complexity index is 439. The third kappa shape index (κ3) is 3.47. The van der Waals surface area contributed by atoms with E-state index >= 15 is 0 Å².